The Bertz CT molecular complexity index is 414. The van der Waals surface area contributed by atoms with Crippen molar-refractivity contribution in [2.24, 2.45) is 0 Å². The number of nitrogens with one attached hydrogen (secondary N) is 1. The molecule has 0 aliphatic carbocycles. The molecule has 6 heteroatoms. The minimum atomic E-state index is -1.44. The highest BCUT2D eigenvalue weighted by Gasteiger charge is 2.36. The van der Waals surface area contributed by atoms with Crippen molar-refractivity contribution in [1.82, 2.24) is 10.2 Å². The topological polar surface area (TPSA) is 72.8 Å². The highest BCUT2D eigenvalue weighted by molar-refractivity contribution is 6.43. The van der Waals surface area contributed by atoms with Gasteiger partial charge in [0.1, 0.15) is 0 Å². The first-order chi connectivity index (χ1) is 9.18. The first-order valence-corrected chi connectivity index (χ1v) is 6.59. The van der Waals surface area contributed by atoms with Crippen molar-refractivity contribution in [3.63, 3.8) is 0 Å². The Hall–Kier alpha value is -1.37. The molecule has 1 atom stereocenters. The first kappa shape index (κ1) is 14.1. The van der Waals surface area contributed by atoms with Crippen LogP contribution in [0.25, 0.3) is 0 Å². The summed E-state index contributed by atoms with van der Waals surface area (Å²) < 4.78 is 0. The second-order valence-corrected chi connectivity index (χ2v) is 4.80. The summed E-state index contributed by atoms with van der Waals surface area (Å²) >= 11 is 0. The number of hydrogen-bond acceptors (Lipinski definition) is 4. The van der Waals surface area contributed by atoms with Gasteiger partial charge in [0.2, 0.25) is 5.91 Å². The van der Waals surface area contributed by atoms with Gasteiger partial charge in [-0.1, -0.05) is 30.3 Å². The zero-order chi connectivity index (χ0) is 13.7. The van der Waals surface area contributed by atoms with E-state index in [-0.39, 0.29) is 12.5 Å². The van der Waals surface area contributed by atoms with Gasteiger partial charge in [-0.25, -0.2) is 0 Å². The summed E-state index contributed by atoms with van der Waals surface area (Å²) in [5.74, 6) is -0.530. The number of rotatable bonds is 5. The van der Waals surface area contributed by atoms with Gasteiger partial charge in [-0.15, -0.1) is 0 Å². The van der Waals surface area contributed by atoms with Crippen LogP contribution in [-0.4, -0.2) is 47.0 Å². The summed E-state index contributed by atoms with van der Waals surface area (Å²) in [5.41, 5.74) is 1.12. The molecule has 0 spiro atoms. The lowest BCUT2D eigenvalue weighted by molar-refractivity contribution is -0.130. The van der Waals surface area contributed by atoms with Crippen molar-refractivity contribution in [3.05, 3.63) is 35.9 Å². The van der Waals surface area contributed by atoms with Crippen LogP contribution < -0.4 is 5.32 Å². The third-order valence-corrected chi connectivity index (χ3v) is 3.41. The Kier molecular flexibility index (Phi) is 4.96. The molecule has 1 aromatic rings. The third kappa shape index (κ3) is 3.80. The van der Waals surface area contributed by atoms with Gasteiger partial charge in [-0.3, -0.25) is 4.79 Å². The predicted octanol–water partition coefficient (Wildman–Crippen LogP) is -0.221. The van der Waals surface area contributed by atoms with E-state index in [0.29, 0.717) is 19.5 Å². The number of amides is 1. The Morgan fingerprint density at radius 1 is 1.37 bits per heavy atom. The second-order valence-electron chi connectivity index (χ2n) is 4.80. The maximum Gasteiger partial charge on any atom is 0.475 e. The summed E-state index contributed by atoms with van der Waals surface area (Å²) in [4.78, 5) is 13.5. The summed E-state index contributed by atoms with van der Waals surface area (Å²) in [6.07, 6.45) is 1.48. The van der Waals surface area contributed by atoms with Crippen LogP contribution in [0.3, 0.4) is 0 Å². The second kappa shape index (κ2) is 6.70. The monoisotopic (exact) mass is 262 g/mol. The molecule has 1 unspecified atom stereocenters. The average Bonchev–Trinajstić information content (AvgIpc) is 2.89. The largest absolute Gasteiger partial charge is 0.475 e. The van der Waals surface area contributed by atoms with Gasteiger partial charge < -0.3 is 20.3 Å². The molecule has 5 nitrogen and oxygen atoms in total. The molecular formula is C13H19BN2O3. The maximum atomic E-state index is 12.0. The Labute approximate surface area is 113 Å². The molecule has 19 heavy (non-hydrogen) atoms. The van der Waals surface area contributed by atoms with E-state index in [1.807, 2.05) is 30.3 Å². The van der Waals surface area contributed by atoms with Gasteiger partial charge in [0.05, 0.1) is 12.5 Å². The van der Waals surface area contributed by atoms with Crippen molar-refractivity contribution in [1.29, 1.82) is 0 Å². The molecule has 2 rings (SSSR count). The van der Waals surface area contributed by atoms with E-state index in [2.05, 4.69) is 5.32 Å². The molecule has 0 saturated carbocycles. The maximum absolute atomic E-state index is 12.0. The van der Waals surface area contributed by atoms with Crippen LogP contribution >= 0.6 is 0 Å². The number of likely N-dealkylation sites (tertiary alicyclic amines) is 1. The lowest BCUT2D eigenvalue weighted by Crippen LogP contribution is -2.48. The normalized spacial score (nSPS) is 18.6. The van der Waals surface area contributed by atoms with Gasteiger partial charge >= 0.3 is 7.12 Å². The molecule has 0 radical (unpaired) electrons. The molecule has 1 fully saturated rings. The smallest absolute Gasteiger partial charge is 0.426 e. The quantitative estimate of drug-likeness (QED) is 0.641. The summed E-state index contributed by atoms with van der Waals surface area (Å²) in [5, 5.41) is 21.5. The van der Waals surface area contributed by atoms with Gasteiger partial charge in [0, 0.05) is 13.1 Å². The Morgan fingerprint density at radius 3 is 2.79 bits per heavy atom. The molecule has 1 aliphatic heterocycles. The highest BCUT2D eigenvalue weighted by Crippen LogP contribution is 2.17. The lowest BCUT2D eigenvalue weighted by atomic mass is 9.78. The number of benzene rings is 1. The molecule has 1 saturated heterocycles. The van der Waals surface area contributed by atoms with E-state index in [9.17, 15) is 14.8 Å². The van der Waals surface area contributed by atoms with Gasteiger partial charge in [0.15, 0.2) is 0 Å². The van der Waals surface area contributed by atoms with Crippen molar-refractivity contribution in [3.8, 4) is 0 Å². The van der Waals surface area contributed by atoms with E-state index in [4.69, 9.17) is 0 Å². The molecule has 1 aliphatic rings. The van der Waals surface area contributed by atoms with Crippen molar-refractivity contribution in [2.75, 3.05) is 13.1 Å². The van der Waals surface area contributed by atoms with Gasteiger partial charge in [0.25, 0.3) is 0 Å². The SMILES string of the molecule is O=C(CNCc1ccccc1)N1CCCC1B(O)O. The average molecular weight is 262 g/mol. The first-order valence-electron chi connectivity index (χ1n) is 6.59. The van der Waals surface area contributed by atoms with Crippen LogP contribution in [0, 0.1) is 0 Å². The lowest BCUT2D eigenvalue weighted by Gasteiger charge is -2.24. The van der Waals surface area contributed by atoms with Crippen molar-refractivity contribution >= 4 is 13.0 Å². The molecule has 1 amide bonds. The highest BCUT2D eigenvalue weighted by atomic mass is 16.4. The summed E-state index contributed by atoms with van der Waals surface area (Å²) in [6, 6.07) is 9.85. The van der Waals surface area contributed by atoms with Crippen LogP contribution in [0.2, 0.25) is 0 Å². The van der Waals surface area contributed by atoms with E-state index >= 15 is 0 Å². The molecule has 1 heterocycles. The molecular weight excluding hydrogens is 243 g/mol. The van der Waals surface area contributed by atoms with E-state index in [1.54, 1.807) is 4.90 Å². The van der Waals surface area contributed by atoms with Crippen molar-refractivity contribution < 1.29 is 14.8 Å². The zero-order valence-electron chi connectivity index (χ0n) is 10.8. The van der Waals surface area contributed by atoms with E-state index in [0.717, 1.165) is 12.0 Å². The minimum absolute atomic E-state index is 0.0773. The molecule has 0 aromatic heterocycles. The Balaban J connectivity index is 1.78. The number of carbonyl (C=O) groups excluding carboxylic acids is 1. The summed E-state index contributed by atoms with van der Waals surface area (Å²) in [7, 11) is -1.44. The minimum Gasteiger partial charge on any atom is -0.426 e. The fraction of sp³-hybridized carbons (Fsp3) is 0.462. The molecule has 102 valence electrons. The number of nitrogens with zero attached hydrogens (tertiary/aromatic N) is 1. The fourth-order valence-electron chi connectivity index (χ4n) is 2.42. The van der Waals surface area contributed by atoms with Crippen LogP contribution in [0.5, 0.6) is 0 Å². The van der Waals surface area contributed by atoms with E-state index in [1.165, 1.54) is 0 Å². The molecule has 3 N–H and O–H groups in total. The van der Waals surface area contributed by atoms with Crippen LogP contribution in [0.15, 0.2) is 30.3 Å². The van der Waals surface area contributed by atoms with Gasteiger partial charge in [-0.2, -0.15) is 0 Å². The number of hydrogen-bond donors (Lipinski definition) is 3. The van der Waals surface area contributed by atoms with Gasteiger partial charge in [-0.05, 0) is 18.4 Å². The molecule has 0 bridgehead atoms. The summed E-state index contributed by atoms with van der Waals surface area (Å²) in [6.45, 7) is 1.46. The van der Waals surface area contributed by atoms with Crippen LogP contribution in [-0.2, 0) is 11.3 Å². The van der Waals surface area contributed by atoms with Crippen LogP contribution in [0.4, 0.5) is 0 Å². The third-order valence-electron chi connectivity index (χ3n) is 3.41. The van der Waals surface area contributed by atoms with E-state index < -0.39 is 13.1 Å². The predicted molar refractivity (Wildman–Crippen MR) is 73.1 cm³/mol. The number of carbonyl (C=O) groups is 1. The zero-order valence-corrected chi connectivity index (χ0v) is 10.8. The fourth-order valence-corrected chi connectivity index (χ4v) is 2.42. The van der Waals surface area contributed by atoms with Crippen LogP contribution in [0.1, 0.15) is 18.4 Å². The van der Waals surface area contributed by atoms with Crippen molar-refractivity contribution in [2.45, 2.75) is 25.3 Å². The molecule has 1 aromatic carbocycles. The standard InChI is InChI=1S/C13H19BN2O3/c17-13(16-8-4-7-12(16)14(18)19)10-15-9-11-5-2-1-3-6-11/h1-3,5-6,12,15,18-19H,4,7-10H2. The Morgan fingerprint density at radius 2 is 2.11 bits per heavy atom.